The quantitative estimate of drug-likeness (QED) is 0.461. The lowest BCUT2D eigenvalue weighted by Crippen LogP contribution is -2.31. The molecule has 3 aromatic carbocycles. The van der Waals surface area contributed by atoms with E-state index in [2.05, 4.69) is 0 Å². The van der Waals surface area contributed by atoms with Crippen LogP contribution in [0.2, 0.25) is 5.02 Å². The van der Waals surface area contributed by atoms with Crippen molar-refractivity contribution in [3.63, 3.8) is 0 Å². The van der Waals surface area contributed by atoms with Gasteiger partial charge in [0, 0.05) is 9.92 Å². The molecule has 0 radical (unpaired) electrons. The Bertz CT molecular complexity index is 1150. The minimum Gasteiger partial charge on any atom is -0.269 e. The highest BCUT2D eigenvalue weighted by atomic mass is 35.5. The topological polar surface area (TPSA) is 37.4 Å². The van der Waals surface area contributed by atoms with Crippen LogP contribution < -0.4 is 0 Å². The normalized spacial score (nSPS) is 14.0. The summed E-state index contributed by atoms with van der Waals surface area (Å²) in [5, 5.41) is 0.618. The third-order valence-electron chi connectivity index (χ3n) is 4.99. The van der Waals surface area contributed by atoms with Crippen molar-refractivity contribution in [2.75, 3.05) is 0 Å². The molecule has 1 aliphatic heterocycles. The van der Waals surface area contributed by atoms with Gasteiger partial charge in [0.15, 0.2) is 0 Å². The first-order chi connectivity index (χ1) is 14.4. The Morgan fingerprint density at radius 3 is 2.23 bits per heavy atom. The highest BCUT2D eigenvalue weighted by Gasteiger charge is 2.39. The summed E-state index contributed by atoms with van der Waals surface area (Å²) in [6.07, 6.45) is 0. The van der Waals surface area contributed by atoms with Crippen molar-refractivity contribution in [3.05, 3.63) is 105 Å². The number of thioether (sulfide) groups is 1. The molecule has 0 atom stereocenters. The number of rotatable bonds is 5. The van der Waals surface area contributed by atoms with Crippen LogP contribution in [0.25, 0.3) is 5.57 Å². The van der Waals surface area contributed by atoms with Crippen molar-refractivity contribution in [1.29, 1.82) is 0 Å². The van der Waals surface area contributed by atoms with Gasteiger partial charge >= 0.3 is 0 Å². The van der Waals surface area contributed by atoms with Crippen molar-refractivity contribution < 1.29 is 9.59 Å². The molecule has 0 unspecified atom stereocenters. The van der Waals surface area contributed by atoms with E-state index in [0.717, 1.165) is 27.1 Å². The van der Waals surface area contributed by atoms with Gasteiger partial charge in [0.25, 0.3) is 11.8 Å². The molecule has 0 fully saturated rings. The Morgan fingerprint density at radius 2 is 1.57 bits per heavy atom. The zero-order valence-electron chi connectivity index (χ0n) is 16.7. The molecular weight excluding hydrogens is 414 g/mol. The second kappa shape index (κ2) is 8.50. The maximum Gasteiger partial charge on any atom is 0.268 e. The van der Waals surface area contributed by atoms with Crippen molar-refractivity contribution in [3.8, 4) is 0 Å². The number of aryl methyl sites for hydroxylation is 2. The molecule has 0 aromatic heterocycles. The lowest BCUT2D eigenvalue weighted by Gasteiger charge is -2.15. The summed E-state index contributed by atoms with van der Waals surface area (Å²) in [6.45, 7) is 4.20. The molecule has 0 spiro atoms. The molecule has 0 saturated carbocycles. The molecule has 150 valence electrons. The lowest BCUT2D eigenvalue weighted by atomic mass is 9.99. The number of carbonyl (C=O) groups excluding carboxylic acids is 2. The largest absolute Gasteiger partial charge is 0.269 e. The average molecular weight is 434 g/mol. The molecular formula is C25H20ClNO2S. The average Bonchev–Trinajstić information content (AvgIpc) is 2.95. The van der Waals surface area contributed by atoms with Gasteiger partial charge in [-0.05, 0) is 54.8 Å². The molecule has 5 heteroatoms. The van der Waals surface area contributed by atoms with Crippen LogP contribution in [0.3, 0.4) is 0 Å². The predicted octanol–water partition coefficient (Wildman–Crippen LogP) is 6.03. The van der Waals surface area contributed by atoms with Crippen LogP contribution in [0, 0.1) is 13.8 Å². The fourth-order valence-corrected chi connectivity index (χ4v) is 4.65. The summed E-state index contributed by atoms with van der Waals surface area (Å²) in [6, 6.07) is 22.8. The van der Waals surface area contributed by atoms with Gasteiger partial charge in [0.05, 0.1) is 17.0 Å². The number of amides is 2. The summed E-state index contributed by atoms with van der Waals surface area (Å²) < 4.78 is 0. The number of halogens is 1. The van der Waals surface area contributed by atoms with Crippen molar-refractivity contribution in [1.82, 2.24) is 4.90 Å². The molecule has 0 aliphatic carbocycles. The molecule has 0 bridgehead atoms. The fourth-order valence-electron chi connectivity index (χ4n) is 3.50. The van der Waals surface area contributed by atoms with Crippen molar-refractivity contribution in [2.45, 2.75) is 25.3 Å². The number of benzene rings is 3. The SMILES string of the molecule is Cc1ccc(C2=C(Sc3ccccc3)C(=O)N(Cc3ccc(Cl)cc3)C2=O)c(C)c1. The standard InChI is InChI=1S/C25H20ClNO2S/c1-16-8-13-21(17(2)14-16)22-23(30-20-6-4-3-5-7-20)25(29)27(24(22)28)15-18-9-11-19(26)12-10-18/h3-14H,15H2,1-2H3. The van der Waals surface area contributed by atoms with Gasteiger partial charge < -0.3 is 0 Å². The van der Waals surface area contributed by atoms with Crippen LogP contribution in [-0.2, 0) is 16.1 Å². The summed E-state index contributed by atoms with van der Waals surface area (Å²) in [4.78, 5) is 29.5. The van der Waals surface area contributed by atoms with E-state index in [1.807, 2.05) is 74.5 Å². The monoisotopic (exact) mass is 433 g/mol. The Labute approximate surface area is 185 Å². The summed E-state index contributed by atoms with van der Waals surface area (Å²) in [7, 11) is 0. The van der Waals surface area contributed by atoms with Crippen LogP contribution >= 0.6 is 23.4 Å². The Balaban J connectivity index is 1.76. The second-order valence-corrected chi connectivity index (χ2v) is 8.78. The maximum absolute atomic E-state index is 13.4. The van der Waals surface area contributed by atoms with Gasteiger partial charge in [0.1, 0.15) is 0 Å². The molecule has 1 heterocycles. The first-order valence-corrected chi connectivity index (χ1v) is 10.8. The zero-order chi connectivity index (χ0) is 21.3. The zero-order valence-corrected chi connectivity index (χ0v) is 18.3. The van der Waals surface area contributed by atoms with Gasteiger partial charge in [-0.1, -0.05) is 77.5 Å². The van der Waals surface area contributed by atoms with Crippen LogP contribution in [0.15, 0.2) is 82.6 Å². The minimum atomic E-state index is -0.265. The fraction of sp³-hybridized carbons (Fsp3) is 0.120. The first kappa shape index (κ1) is 20.5. The summed E-state index contributed by atoms with van der Waals surface area (Å²) in [5.74, 6) is -0.529. The number of nitrogens with zero attached hydrogens (tertiary/aromatic N) is 1. The van der Waals surface area contributed by atoms with E-state index in [-0.39, 0.29) is 18.4 Å². The lowest BCUT2D eigenvalue weighted by molar-refractivity contribution is -0.137. The molecule has 0 saturated heterocycles. The third kappa shape index (κ3) is 4.07. The maximum atomic E-state index is 13.4. The molecule has 2 amide bonds. The minimum absolute atomic E-state index is 0.210. The third-order valence-corrected chi connectivity index (χ3v) is 6.34. The van der Waals surface area contributed by atoms with E-state index in [4.69, 9.17) is 11.6 Å². The number of hydrogen-bond acceptors (Lipinski definition) is 3. The van der Waals surface area contributed by atoms with Crippen molar-refractivity contribution >= 4 is 40.8 Å². The smallest absolute Gasteiger partial charge is 0.268 e. The van der Waals surface area contributed by atoms with Crippen LogP contribution in [0.5, 0.6) is 0 Å². The van der Waals surface area contributed by atoms with Gasteiger partial charge in [-0.2, -0.15) is 0 Å². The summed E-state index contributed by atoms with van der Waals surface area (Å²) in [5.41, 5.74) is 4.22. The van der Waals surface area contributed by atoms with Gasteiger partial charge in [-0.15, -0.1) is 0 Å². The molecule has 3 aromatic rings. The van der Waals surface area contributed by atoms with Gasteiger partial charge in [-0.25, -0.2) is 0 Å². The number of imide groups is 1. The Hall–Kier alpha value is -2.82. The van der Waals surface area contributed by atoms with E-state index in [1.54, 1.807) is 12.1 Å². The van der Waals surface area contributed by atoms with Gasteiger partial charge in [0.2, 0.25) is 0 Å². The van der Waals surface area contributed by atoms with E-state index >= 15 is 0 Å². The number of carbonyl (C=O) groups is 2. The molecule has 4 rings (SSSR count). The first-order valence-electron chi connectivity index (χ1n) is 9.59. The van der Waals surface area contributed by atoms with E-state index in [9.17, 15) is 9.59 Å². The Kier molecular flexibility index (Phi) is 5.80. The van der Waals surface area contributed by atoms with E-state index in [1.165, 1.54) is 16.7 Å². The highest BCUT2D eigenvalue weighted by Crippen LogP contribution is 2.41. The van der Waals surface area contributed by atoms with Crippen LogP contribution in [0.4, 0.5) is 0 Å². The second-order valence-electron chi connectivity index (χ2n) is 7.26. The van der Waals surface area contributed by atoms with Crippen molar-refractivity contribution in [2.24, 2.45) is 0 Å². The highest BCUT2D eigenvalue weighted by molar-refractivity contribution is 8.04. The van der Waals surface area contributed by atoms with Gasteiger partial charge in [-0.3, -0.25) is 14.5 Å². The van der Waals surface area contributed by atoms with E-state index in [0.29, 0.717) is 15.5 Å². The Morgan fingerprint density at radius 1 is 0.867 bits per heavy atom. The molecule has 1 aliphatic rings. The van der Waals surface area contributed by atoms with E-state index < -0.39 is 0 Å². The predicted molar refractivity (Wildman–Crippen MR) is 122 cm³/mol. The molecule has 0 N–H and O–H groups in total. The molecule has 30 heavy (non-hydrogen) atoms. The molecule has 3 nitrogen and oxygen atoms in total. The number of hydrogen-bond donors (Lipinski definition) is 0. The van der Waals surface area contributed by atoms with Crippen LogP contribution in [0.1, 0.15) is 22.3 Å². The summed E-state index contributed by atoms with van der Waals surface area (Å²) >= 11 is 7.32. The van der Waals surface area contributed by atoms with Crippen LogP contribution in [-0.4, -0.2) is 16.7 Å².